The van der Waals surface area contributed by atoms with Crippen molar-refractivity contribution in [1.82, 2.24) is 4.57 Å². The van der Waals surface area contributed by atoms with Crippen LogP contribution in [0.15, 0.2) is 63.5 Å². The van der Waals surface area contributed by atoms with E-state index >= 15 is 0 Å². The lowest BCUT2D eigenvalue weighted by molar-refractivity contribution is -0.140. The number of rotatable bonds is 9. The SMILES string of the molecule is CCOc1c(OC)cccc1[C@@H]1C(C(=O)OCCOC)=C(C)N=c2s/c(=C/c3ccc(C(C)(C)C)cc3)c(=O)n21. The van der Waals surface area contributed by atoms with Gasteiger partial charge in [-0.05, 0) is 42.5 Å². The molecule has 0 N–H and O–H groups in total. The first-order valence-corrected chi connectivity index (χ1v) is 14.0. The minimum absolute atomic E-state index is 0.0265. The van der Waals surface area contributed by atoms with Crippen molar-refractivity contribution < 1.29 is 23.7 Å². The van der Waals surface area contributed by atoms with Crippen LogP contribution in [0, 0.1) is 0 Å². The molecule has 0 saturated carbocycles. The molecular weight excluding hydrogens is 528 g/mol. The number of nitrogens with zero attached hydrogens (tertiary/aromatic N) is 2. The molecule has 9 heteroatoms. The molecule has 0 radical (unpaired) electrons. The second-order valence-electron chi connectivity index (χ2n) is 10.4. The van der Waals surface area contributed by atoms with Crippen LogP contribution < -0.4 is 24.4 Å². The van der Waals surface area contributed by atoms with Gasteiger partial charge in [-0.2, -0.15) is 0 Å². The Bertz CT molecular complexity index is 1590. The van der Waals surface area contributed by atoms with E-state index < -0.39 is 12.0 Å². The zero-order chi connectivity index (χ0) is 29.0. The molecule has 0 fully saturated rings. The summed E-state index contributed by atoms with van der Waals surface area (Å²) in [6.45, 7) is 10.8. The number of hydrogen-bond acceptors (Lipinski definition) is 8. The summed E-state index contributed by atoms with van der Waals surface area (Å²) in [6.07, 6.45) is 1.86. The average molecular weight is 565 g/mol. The first-order chi connectivity index (χ1) is 19.1. The topological polar surface area (TPSA) is 88.4 Å². The lowest BCUT2D eigenvalue weighted by Crippen LogP contribution is -2.40. The molecule has 8 nitrogen and oxygen atoms in total. The van der Waals surface area contributed by atoms with Gasteiger partial charge in [-0.3, -0.25) is 9.36 Å². The smallest absolute Gasteiger partial charge is 0.338 e. The van der Waals surface area contributed by atoms with Gasteiger partial charge >= 0.3 is 5.97 Å². The van der Waals surface area contributed by atoms with E-state index in [0.29, 0.717) is 38.7 Å². The molecule has 2 heterocycles. The third kappa shape index (κ3) is 5.90. The minimum atomic E-state index is -0.826. The number of carbonyl (C=O) groups is 1. The highest BCUT2D eigenvalue weighted by atomic mass is 32.1. The number of hydrogen-bond donors (Lipinski definition) is 0. The van der Waals surface area contributed by atoms with Crippen molar-refractivity contribution in [3.63, 3.8) is 0 Å². The van der Waals surface area contributed by atoms with Gasteiger partial charge in [0.05, 0.1) is 36.1 Å². The van der Waals surface area contributed by atoms with Crippen LogP contribution in [0.25, 0.3) is 6.08 Å². The lowest BCUT2D eigenvalue weighted by atomic mass is 9.87. The van der Waals surface area contributed by atoms with Gasteiger partial charge in [-0.1, -0.05) is 68.5 Å². The van der Waals surface area contributed by atoms with E-state index in [9.17, 15) is 9.59 Å². The standard InChI is InChI=1S/C31H36N2O6S/c1-8-38-27-22(10-9-11-23(27)37-7)26-25(29(35)39-17-16-36-6)19(2)32-30-33(26)28(34)24(40-30)18-20-12-14-21(15-13-20)31(3,4)5/h9-15,18,26H,8,16-17H2,1-7H3/b24-18+/t26-/m1/s1. The van der Waals surface area contributed by atoms with Crippen molar-refractivity contribution in [2.24, 2.45) is 4.99 Å². The van der Waals surface area contributed by atoms with E-state index in [1.165, 1.54) is 24.0 Å². The van der Waals surface area contributed by atoms with Gasteiger partial charge in [0.25, 0.3) is 5.56 Å². The molecule has 0 bridgehead atoms. The number of ether oxygens (including phenoxy) is 4. The third-order valence-corrected chi connectivity index (χ3v) is 7.63. The first-order valence-electron chi connectivity index (χ1n) is 13.2. The van der Waals surface area contributed by atoms with Crippen LogP contribution in [0.1, 0.15) is 57.4 Å². The summed E-state index contributed by atoms with van der Waals surface area (Å²) in [7, 11) is 3.09. The van der Waals surface area contributed by atoms with Gasteiger partial charge in [-0.25, -0.2) is 9.79 Å². The van der Waals surface area contributed by atoms with Crippen molar-refractivity contribution in [1.29, 1.82) is 0 Å². The number of thiazole rings is 1. The fraction of sp³-hybridized carbons (Fsp3) is 0.387. The number of aromatic nitrogens is 1. The monoisotopic (exact) mass is 564 g/mol. The van der Waals surface area contributed by atoms with Gasteiger partial charge in [0, 0.05) is 12.7 Å². The van der Waals surface area contributed by atoms with Crippen LogP contribution >= 0.6 is 11.3 Å². The van der Waals surface area contributed by atoms with Gasteiger partial charge in [0.15, 0.2) is 16.3 Å². The van der Waals surface area contributed by atoms with Crippen LogP contribution in [0.3, 0.4) is 0 Å². The van der Waals surface area contributed by atoms with Gasteiger partial charge < -0.3 is 18.9 Å². The Morgan fingerprint density at radius 2 is 1.82 bits per heavy atom. The molecular formula is C31H36N2O6S. The highest BCUT2D eigenvalue weighted by Crippen LogP contribution is 2.40. The molecule has 0 unspecified atom stereocenters. The average Bonchev–Trinajstić information content (AvgIpc) is 3.22. The van der Waals surface area contributed by atoms with E-state index in [0.717, 1.165) is 5.56 Å². The molecule has 0 saturated heterocycles. The van der Waals surface area contributed by atoms with Crippen LogP contribution in [-0.4, -0.2) is 44.6 Å². The predicted molar refractivity (Wildman–Crippen MR) is 156 cm³/mol. The van der Waals surface area contributed by atoms with E-state index in [1.807, 2.05) is 37.3 Å². The summed E-state index contributed by atoms with van der Waals surface area (Å²) in [5.41, 5.74) is 3.23. The minimum Gasteiger partial charge on any atom is -0.493 e. The predicted octanol–water partition coefficient (Wildman–Crippen LogP) is 4.13. The number of allylic oxidation sites excluding steroid dienone is 1. The lowest BCUT2D eigenvalue weighted by Gasteiger charge is -2.27. The fourth-order valence-electron chi connectivity index (χ4n) is 4.61. The van der Waals surface area contributed by atoms with Crippen LogP contribution in [-0.2, 0) is 19.7 Å². The highest BCUT2D eigenvalue weighted by Gasteiger charge is 2.36. The molecule has 0 spiro atoms. The van der Waals surface area contributed by atoms with Crippen molar-refractivity contribution in [2.45, 2.75) is 46.1 Å². The normalized spacial score (nSPS) is 15.5. The van der Waals surface area contributed by atoms with Gasteiger partial charge in [-0.15, -0.1) is 0 Å². The maximum absolute atomic E-state index is 14.0. The van der Waals surface area contributed by atoms with Gasteiger partial charge in [0.2, 0.25) is 0 Å². The largest absolute Gasteiger partial charge is 0.493 e. The summed E-state index contributed by atoms with van der Waals surface area (Å²) >= 11 is 1.28. The number of esters is 1. The number of benzene rings is 2. The zero-order valence-electron chi connectivity index (χ0n) is 24.1. The Balaban J connectivity index is 1.92. The maximum Gasteiger partial charge on any atom is 0.338 e. The molecule has 212 valence electrons. The summed E-state index contributed by atoms with van der Waals surface area (Å²) < 4.78 is 24.2. The summed E-state index contributed by atoms with van der Waals surface area (Å²) in [5.74, 6) is 0.393. The Labute approximate surface area is 238 Å². The van der Waals surface area contributed by atoms with E-state index in [2.05, 4.69) is 37.9 Å². The second-order valence-corrected chi connectivity index (χ2v) is 11.4. The molecule has 40 heavy (non-hydrogen) atoms. The number of fused-ring (bicyclic) bond motifs is 1. The molecule has 2 aromatic carbocycles. The van der Waals surface area contributed by atoms with Crippen molar-refractivity contribution in [2.75, 3.05) is 34.0 Å². The Morgan fingerprint density at radius 1 is 1.10 bits per heavy atom. The Kier molecular flexibility index (Phi) is 8.95. The molecule has 0 aliphatic carbocycles. The number of para-hydroxylation sites is 1. The molecule has 3 aromatic rings. The van der Waals surface area contributed by atoms with Crippen molar-refractivity contribution in [3.8, 4) is 11.5 Å². The van der Waals surface area contributed by atoms with Crippen molar-refractivity contribution >= 4 is 23.4 Å². The van der Waals surface area contributed by atoms with E-state index in [4.69, 9.17) is 18.9 Å². The third-order valence-electron chi connectivity index (χ3n) is 6.65. The van der Waals surface area contributed by atoms with Crippen molar-refractivity contribution in [3.05, 3.63) is 90.1 Å². The summed E-state index contributed by atoms with van der Waals surface area (Å²) in [6, 6.07) is 12.8. The van der Waals surface area contributed by atoms with Gasteiger partial charge in [0.1, 0.15) is 12.6 Å². The molecule has 4 rings (SSSR count). The Morgan fingerprint density at radius 3 is 2.45 bits per heavy atom. The van der Waals surface area contributed by atoms with Crippen LogP contribution in [0.5, 0.6) is 11.5 Å². The highest BCUT2D eigenvalue weighted by molar-refractivity contribution is 7.07. The number of methoxy groups -OCH3 is 2. The zero-order valence-corrected chi connectivity index (χ0v) is 24.9. The van der Waals surface area contributed by atoms with Crippen LogP contribution in [0.4, 0.5) is 0 Å². The van der Waals surface area contributed by atoms with E-state index in [1.54, 1.807) is 24.7 Å². The quantitative estimate of drug-likeness (QED) is 0.287. The molecule has 1 aliphatic rings. The Hall–Kier alpha value is -3.69. The fourth-order valence-corrected chi connectivity index (χ4v) is 5.66. The summed E-state index contributed by atoms with van der Waals surface area (Å²) in [4.78, 5) is 32.6. The first kappa shape index (κ1) is 29.3. The molecule has 1 aromatic heterocycles. The molecule has 0 amide bonds. The summed E-state index contributed by atoms with van der Waals surface area (Å²) in [5, 5.41) is 0. The molecule has 1 aliphatic heterocycles. The second kappa shape index (κ2) is 12.2. The van der Waals surface area contributed by atoms with E-state index in [-0.39, 0.29) is 29.8 Å². The number of carbonyl (C=O) groups excluding carboxylic acids is 1. The van der Waals surface area contributed by atoms with Crippen LogP contribution in [0.2, 0.25) is 0 Å². The maximum atomic E-state index is 14.0. The molecule has 1 atom stereocenters.